The van der Waals surface area contributed by atoms with E-state index in [2.05, 4.69) is 41.9 Å². The molecule has 0 bridgehead atoms. The van der Waals surface area contributed by atoms with Gasteiger partial charge in [0.1, 0.15) is 30.0 Å². The Morgan fingerprint density at radius 3 is 2.40 bits per heavy atom. The first-order chi connectivity index (χ1) is 28.8. The van der Waals surface area contributed by atoms with E-state index in [1.807, 2.05) is 48.5 Å². The summed E-state index contributed by atoms with van der Waals surface area (Å²) in [6.07, 6.45) is 2.27. The minimum Gasteiger partial charge on any atom is -0.468 e. The summed E-state index contributed by atoms with van der Waals surface area (Å²) in [5, 5.41) is 7.86. The summed E-state index contributed by atoms with van der Waals surface area (Å²) >= 11 is 0.984. The first-order valence-corrected chi connectivity index (χ1v) is 20.7. The summed E-state index contributed by atoms with van der Waals surface area (Å²) < 4.78 is 11.3. The van der Waals surface area contributed by atoms with Crippen LogP contribution in [0, 0.1) is 0 Å². The van der Waals surface area contributed by atoms with Gasteiger partial charge < -0.3 is 41.5 Å². The number of pyridine rings is 1. The number of aryl methyl sites for hydroxylation is 1. The Hall–Kier alpha value is -6.08. The summed E-state index contributed by atoms with van der Waals surface area (Å²) in [5.41, 5.74) is 16.4. The number of hydrogen-bond acceptors (Lipinski definition) is 14. The molecule has 1 aliphatic rings. The maximum Gasteiger partial charge on any atom is 0.325 e. The molecule has 1 saturated heterocycles. The molecule has 7 N–H and O–H groups in total. The number of carbonyl (C=O) groups is 7. The highest BCUT2D eigenvalue weighted by Gasteiger charge is 2.39. The Bertz CT molecular complexity index is 2230. The number of amides is 5. The molecule has 5 amide bonds. The quantitative estimate of drug-likeness (QED) is 0.0588. The van der Waals surface area contributed by atoms with Crippen molar-refractivity contribution in [2.45, 2.75) is 82.3 Å². The number of nitrogens with two attached hydrogens (primary N) is 2. The van der Waals surface area contributed by atoms with E-state index in [-0.39, 0.29) is 50.4 Å². The molecule has 2 aromatic carbocycles. The van der Waals surface area contributed by atoms with Gasteiger partial charge in [-0.05, 0) is 30.0 Å². The largest absolute Gasteiger partial charge is 0.468 e. The second kappa shape index (κ2) is 21.3. The van der Waals surface area contributed by atoms with Gasteiger partial charge in [0.25, 0.3) is 0 Å². The second-order valence-electron chi connectivity index (χ2n) is 14.3. The number of hydrogen-bond donors (Lipinski definition) is 5. The number of carbonyl (C=O) groups excluding carboxylic acids is 7. The number of nitrogen functional groups attached to an aromatic ring is 1. The fourth-order valence-corrected chi connectivity index (χ4v) is 7.83. The number of methoxy groups -OCH3 is 2. The van der Waals surface area contributed by atoms with Gasteiger partial charge in [-0.1, -0.05) is 55.8 Å². The number of rotatable bonds is 21. The van der Waals surface area contributed by atoms with Crippen LogP contribution in [0.4, 0.5) is 5.82 Å². The van der Waals surface area contributed by atoms with Crippen LogP contribution in [0.25, 0.3) is 21.9 Å². The number of nitrogens with zero attached hydrogens (tertiary/aromatic N) is 4. The van der Waals surface area contributed by atoms with Crippen LogP contribution < -0.4 is 27.4 Å². The number of ether oxygens (including phenoxy) is 2. The van der Waals surface area contributed by atoms with Crippen LogP contribution in [0.3, 0.4) is 0 Å². The predicted octanol–water partition coefficient (Wildman–Crippen LogP) is 1.48. The number of likely N-dealkylation sites (tertiary alicyclic amines) is 1. The molecule has 0 spiro atoms. The van der Waals surface area contributed by atoms with Crippen molar-refractivity contribution < 1.29 is 43.0 Å². The molecule has 19 heteroatoms. The molecule has 2 aromatic heterocycles. The highest BCUT2D eigenvalue weighted by molar-refractivity contribution is 8.00. The van der Waals surface area contributed by atoms with Gasteiger partial charge >= 0.3 is 11.9 Å². The Labute approximate surface area is 350 Å². The molecular formula is C41H51N9O9S. The second-order valence-corrected chi connectivity index (χ2v) is 15.5. The van der Waals surface area contributed by atoms with E-state index in [9.17, 15) is 33.6 Å². The SMILES string of the molecule is CCCCc1nc2c(N)nc3ccccc3c2n1Cc1ccc(CNC(=O)CCN2C(=O)CC(SC[C@@H](NC(=O)CCC(N)C(=O)OC)C(=O)NCC(=O)OC)C2=O)cc1. The fraction of sp³-hybridized carbons (Fsp3) is 0.439. The summed E-state index contributed by atoms with van der Waals surface area (Å²) in [6, 6.07) is 13.5. The molecule has 0 aliphatic carbocycles. The molecule has 4 aromatic rings. The monoisotopic (exact) mass is 845 g/mol. The minimum absolute atomic E-state index is 0.0514. The van der Waals surface area contributed by atoms with Crippen LogP contribution in [0.1, 0.15) is 62.4 Å². The third kappa shape index (κ3) is 11.6. The minimum atomic E-state index is -1.20. The third-order valence-corrected chi connectivity index (χ3v) is 11.3. The number of unbranched alkanes of at least 4 members (excludes halogenated alkanes) is 1. The van der Waals surface area contributed by atoms with Crippen molar-refractivity contribution in [1.82, 2.24) is 35.4 Å². The van der Waals surface area contributed by atoms with Crippen molar-refractivity contribution in [3.05, 3.63) is 65.5 Å². The Balaban J connectivity index is 1.13. The van der Waals surface area contributed by atoms with Crippen molar-refractivity contribution >= 4 is 81.0 Å². The molecule has 3 heterocycles. The average molecular weight is 846 g/mol. The number of esters is 2. The van der Waals surface area contributed by atoms with Crippen molar-refractivity contribution in [2.75, 3.05) is 38.8 Å². The number of anilines is 1. The molecule has 18 nitrogen and oxygen atoms in total. The maximum absolute atomic E-state index is 13.2. The lowest BCUT2D eigenvalue weighted by atomic mass is 10.1. The van der Waals surface area contributed by atoms with Crippen LogP contribution in [0.5, 0.6) is 0 Å². The van der Waals surface area contributed by atoms with Gasteiger partial charge in [-0.25, -0.2) is 9.97 Å². The summed E-state index contributed by atoms with van der Waals surface area (Å²) in [6.45, 7) is 2.35. The number of nitrogens with one attached hydrogen (secondary N) is 3. The Morgan fingerprint density at radius 1 is 0.950 bits per heavy atom. The summed E-state index contributed by atoms with van der Waals surface area (Å²) in [7, 11) is 2.32. The highest BCUT2D eigenvalue weighted by atomic mass is 32.2. The molecular weight excluding hydrogens is 795 g/mol. The molecule has 2 unspecified atom stereocenters. The van der Waals surface area contributed by atoms with Crippen LogP contribution in [0.15, 0.2) is 48.5 Å². The standard InChI is InChI=1S/C41H51N9O9S/c1-4-5-10-31-48-36-37(26-8-6-7-9-28(26)47-38(36)43)50(31)22-25-13-11-24(12-14-25)20-44-32(51)17-18-49-34(53)19-30(40(49)56)60-23-29(39(55)45-21-35(54)58-2)46-33(52)16-15-27(42)41(57)59-3/h6-9,11-14,27,29-30H,4-5,10,15-23,42H2,1-3H3,(H2,43,47)(H,44,51)(H,45,55)(H,46,52)/t27?,29-,30?/m1/s1. The molecule has 1 fully saturated rings. The Kier molecular flexibility index (Phi) is 15.9. The lowest BCUT2D eigenvalue weighted by Crippen LogP contribution is -2.50. The van der Waals surface area contributed by atoms with Gasteiger partial charge in [-0.3, -0.25) is 38.5 Å². The van der Waals surface area contributed by atoms with Gasteiger partial charge in [-0.2, -0.15) is 0 Å². The normalized spacial score (nSPS) is 14.9. The topological polar surface area (TPSA) is 260 Å². The number of imidazole rings is 1. The molecule has 3 atom stereocenters. The molecule has 1 aliphatic heterocycles. The van der Waals surface area contributed by atoms with E-state index in [4.69, 9.17) is 16.5 Å². The van der Waals surface area contributed by atoms with Crippen molar-refractivity contribution in [2.24, 2.45) is 5.73 Å². The predicted molar refractivity (Wildman–Crippen MR) is 224 cm³/mol. The third-order valence-electron chi connectivity index (χ3n) is 10.00. The highest BCUT2D eigenvalue weighted by Crippen LogP contribution is 2.30. The lowest BCUT2D eigenvalue weighted by molar-refractivity contribution is -0.142. The molecule has 0 radical (unpaired) electrons. The number of thioether (sulfide) groups is 1. The van der Waals surface area contributed by atoms with E-state index < -0.39 is 59.4 Å². The molecule has 0 saturated carbocycles. The molecule has 320 valence electrons. The zero-order chi connectivity index (χ0) is 43.3. The zero-order valence-electron chi connectivity index (χ0n) is 33.9. The number of imide groups is 1. The number of fused-ring (bicyclic) bond motifs is 3. The van der Waals surface area contributed by atoms with Gasteiger partial charge in [-0.15, -0.1) is 11.8 Å². The number of aromatic nitrogens is 3. The van der Waals surface area contributed by atoms with Crippen LogP contribution in [-0.2, 0) is 62.5 Å². The van der Waals surface area contributed by atoms with Crippen LogP contribution >= 0.6 is 11.8 Å². The number of benzene rings is 2. The average Bonchev–Trinajstić information content (AvgIpc) is 3.75. The van der Waals surface area contributed by atoms with Crippen LogP contribution in [0.2, 0.25) is 0 Å². The van der Waals surface area contributed by atoms with Crippen molar-refractivity contribution in [3.63, 3.8) is 0 Å². The van der Waals surface area contributed by atoms with Crippen molar-refractivity contribution in [3.8, 4) is 0 Å². The molecule has 5 rings (SSSR count). The summed E-state index contributed by atoms with van der Waals surface area (Å²) in [4.78, 5) is 98.2. The van der Waals surface area contributed by atoms with E-state index in [1.165, 1.54) is 7.11 Å². The molecule has 60 heavy (non-hydrogen) atoms. The van der Waals surface area contributed by atoms with Gasteiger partial charge in [0.05, 0.1) is 30.5 Å². The smallest absolute Gasteiger partial charge is 0.325 e. The maximum atomic E-state index is 13.2. The van der Waals surface area contributed by atoms with Crippen LogP contribution in [-0.4, -0.2) is 111 Å². The first-order valence-electron chi connectivity index (χ1n) is 19.6. The number of para-hydroxylation sites is 1. The van der Waals surface area contributed by atoms with E-state index in [0.29, 0.717) is 17.9 Å². The van der Waals surface area contributed by atoms with E-state index in [1.54, 1.807) is 0 Å². The van der Waals surface area contributed by atoms with E-state index in [0.717, 1.165) is 76.4 Å². The summed E-state index contributed by atoms with van der Waals surface area (Å²) in [5.74, 6) is -2.87. The first kappa shape index (κ1) is 45.0. The zero-order valence-corrected chi connectivity index (χ0v) is 34.7. The van der Waals surface area contributed by atoms with E-state index >= 15 is 0 Å². The van der Waals surface area contributed by atoms with Gasteiger partial charge in [0.2, 0.25) is 29.5 Å². The fourth-order valence-electron chi connectivity index (χ4n) is 6.64. The van der Waals surface area contributed by atoms with Gasteiger partial charge in [0, 0.05) is 56.5 Å². The lowest BCUT2D eigenvalue weighted by Gasteiger charge is -2.20. The Morgan fingerprint density at radius 2 is 1.68 bits per heavy atom. The van der Waals surface area contributed by atoms with Crippen molar-refractivity contribution in [1.29, 1.82) is 0 Å². The van der Waals surface area contributed by atoms with Gasteiger partial charge in [0.15, 0.2) is 5.82 Å².